The van der Waals surface area contributed by atoms with E-state index in [0.29, 0.717) is 6.61 Å². The van der Waals surface area contributed by atoms with Crippen molar-refractivity contribution in [2.75, 3.05) is 6.61 Å². The predicted molar refractivity (Wildman–Crippen MR) is 37.9 cm³/mol. The second kappa shape index (κ2) is 8.04. The highest BCUT2D eigenvalue weighted by Gasteiger charge is 2.00. The van der Waals surface area contributed by atoms with Crippen LogP contribution >= 0.6 is 8.25 Å². The molecule has 0 heterocycles. The summed E-state index contributed by atoms with van der Waals surface area (Å²) in [6.07, 6.45) is 2.94. The first-order valence-corrected chi connectivity index (χ1v) is 4.49. The Bertz CT molecular complexity index is 107. The van der Waals surface area contributed by atoms with Crippen LogP contribution < -0.4 is 0 Å². The smallest absolute Gasteiger partial charge is 0.238 e. The Hall–Kier alpha value is -0.0600. The normalized spacial score (nSPS) is 11.6. The monoisotopic (exact) mass is 183 g/mol. The average Bonchev–Trinajstić information content (AvgIpc) is 2.04. The quantitative estimate of drug-likeness (QED) is 0.284. The van der Waals surface area contributed by atoms with E-state index < -0.39 is 8.25 Å². The molecule has 1 atom stereocenters. The topological polar surface area (TPSA) is 65.0 Å². The predicted octanol–water partition coefficient (Wildman–Crippen LogP) is 2.27. The summed E-state index contributed by atoms with van der Waals surface area (Å²) in [6.45, 7) is 2.41. The van der Waals surface area contributed by atoms with Gasteiger partial charge in [0.25, 0.3) is 0 Å². The summed E-state index contributed by atoms with van der Waals surface area (Å²) in [5.41, 5.74) is 0. The molecule has 0 aromatic rings. The average molecular weight is 183 g/mol. The van der Waals surface area contributed by atoms with Crippen LogP contribution in [-0.4, -0.2) is 11.9 Å². The Morgan fingerprint density at radius 3 is 2.73 bits per heavy atom. The molecular formula is C5H12O5P. The lowest BCUT2D eigenvalue weighted by molar-refractivity contribution is -0.238. The van der Waals surface area contributed by atoms with Crippen LogP contribution in [0.4, 0.5) is 0 Å². The molecule has 0 aromatic carbocycles. The fourth-order valence-electron chi connectivity index (χ4n) is 0.505. The Kier molecular flexibility index (Phi) is 8.00. The van der Waals surface area contributed by atoms with Gasteiger partial charge in [0, 0.05) is 0 Å². The van der Waals surface area contributed by atoms with Crippen molar-refractivity contribution in [3.63, 3.8) is 0 Å². The van der Waals surface area contributed by atoms with Crippen molar-refractivity contribution in [1.82, 2.24) is 0 Å². The van der Waals surface area contributed by atoms with E-state index in [1.165, 1.54) is 0 Å². The fraction of sp³-hybridized carbons (Fsp3) is 1.00. The minimum Gasteiger partial charge on any atom is -0.238 e. The van der Waals surface area contributed by atoms with Gasteiger partial charge in [-0.3, -0.25) is 0 Å². The van der Waals surface area contributed by atoms with Gasteiger partial charge >= 0.3 is 8.25 Å². The third-order valence-corrected chi connectivity index (χ3v) is 1.37. The van der Waals surface area contributed by atoms with Crippen molar-refractivity contribution in [3.8, 4) is 0 Å². The van der Waals surface area contributed by atoms with Crippen molar-refractivity contribution in [1.29, 1.82) is 0 Å². The molecule has 6 heteroatoms. The highest BCUT2D eigenvalue weighted by atomic mass is 31.1. The molecule has 0 bridgehead atoms. The van der Waals surface area contributed by atoms with E-state index in [-0.39, 0.29) is 0 Å². The van der Waals surface area contributed by atoms with Gasteiger partial charge in [-0.25, -0.2) is 14.7 Å². The summed E-state index contributed by atoms with van der Waals surface area (Å²) in [4.78, 5) is 4.42. The van der Waals surface area contributed by atoms with Crippen LogP contribution in [0.5, 0.6) is 0 Å². The largest absolute Gasteiger partial charge is 0.427 e. The summed E-state index contributed by atoms with van der Waals surface area (Å²) in [6, 6.07) is 0. The lowest BCUT2D eigenvalue weighted by Crippen LogP contribution is -1.91. The van der Waals surface area contributed by atoms with Gasteiger partial charge in [0.15, 0.2) is 0 Å². The molecule has 1 radical (unpaired) electrons. The van der Waals surface area contributed by atoms with Crippen LogP contribution in [0.1, 0.15) is 26.2 Å². The van der Waals surface area contributed by atoms with Gasteiger partial charge in [0.1, 0.15) is 0 Å². The van der Waals surface area contributed by atoms with Crippen molar-refractivity contribution < 1.29 is 24.1 Å². The molecule has 5 nitrogen and oxygen atoms in total. The van der Waals surface area contributed by atoms with E-state index in [4.69, 9.17) is 5.26 Å². The lowest BCUT2D eigenvalue weighted by Gasteiger charge is -1.98. The molecule has 0 rings (SSSR count). The van der Waals surface area contributed by atoms with Crippen molar-refractivity contribution >= 4 is 8.25 Å². The van der Waals surface area contributed by atoms with Gasteiger partial charge < -0.3 is 0 Å². The SMILES string of the molecule is CCCCCOO[P](=O)OO. The van der Waals surface area contributed by atoms with E-state index in [1.807, 2.05) is 0 Å². The molecular weight excluding hydrogens is 171 g/mol. The number of rotatable bonds is 7. The third-order valence-electron chi connectivity index (χ3n) is 1.01. The summed E-state index contributed by atoms with van der Waals surface area (Å²) in [5, 5.41) is 7.75. The molecule has 0 saturated heterocycles. The molecule has 0 spiro atoms. The first-order chi connectivity index (χ1) is 5.31. The maximum absolute atomic E-state index is 10.2. The summed E-state index contributed by atoms with van der Waals surface area (Å²) < 4.78 is 17.6. The van der Waals surface area contributed by atoms with Crippen LogP contribution in [0.15, 0.2) is 0 Å². The van der Waals surface area contributed by atoms with Crippen molar-refractivity contribution in [3.05, 3.63) is 0 Å². The maximum atomic E-state index is 10.2. The van der Waals surface area contributed by atoms with Crippen molar-refractivity contribution in [2.45, 2.75) is 26.2 Å². The number of hydrogen-bond donors (Lipinski definition) is 1. The van der Waals surface area contributed by atoms with Crippen LogP contribution in [0.3, 0.4) is 0 Å². The highest BCUT2D eigenvalue weighted by molar-refractivity contribution is 7.32. The maximum Gasteiger partial charge on any atom is 0.427 e. The lowest BCUT2D eigenvalue weighted by atomic mass is 10.3. The Morgan fingerprint density at radius 2 is 2.18 bits per heavy atom. The van der Waals surface area contributed by atoms with Crippen LogP contribution in [0.2, 0.25) is 0 Å². The number of hydrogen-bond acceptors (Lipinski definition) is 5. The standard InChI is InChI=1S/C5H12O5P/c1-2-3-4-5-8-10-11(7)9-6/h6H,2-5H2,1H3. The van der Waals surface area contributed by atoms with Gasteiger partial charge in [0.2, 0.25) is 0 Å². The van der Waals surface area contributed by atoms with Gasteiger partial charge in [-0.05, 0) is 6.42 Å². The van der Waals surface area contributed by atoms with Gasteiger partial charge in [-0.1, -0.05) is 19.8 Å². The molecule has 0 saturated carbocycles. The van der Waals surface area contributed by atoms with E-state index >= 15 is 0 Å². The van der Waals surface area contributed by atoms with E-state index in [9.17, 15) is 4.57 Å². The van der Waals surface area contributed by atoms with Crippen LogP contribution in [0.25, 0.3) is 0 Å². The van der Waals surface area contributed by atoms with Gasteiger partial charge in [-0.2, -0.15) is 0 Å². The van der Waals surface area contributed by atoms with Crippen LogP contribution in [0, 0.1) is 0 Å². The summed E-state index contributed by atoms with van der Waals surface area (Å²) in [5.74, 6) is 0. The molecule has 1 N–H and O–H groups in total. The Balaban J connectivity index is 2.95. The van der Waals surface area contributed by atoms with Crippen molar-refractivity contribution in [2.24, 2.45) is 0 Å². The molecule has 0 aromatic heterocycles. The van der Waals surface area contributed by atoms with E-state index in [2.05, 4.69) is 21.2 Å². The summed E-state index contributed by atoms with van der Waals surface area (Å²) >= 11 is 0. The molecule has 0 aliphatic carbocycles. The molecule has 0 aliphatic rings. The van der Waals surface area contributed by atoms with Gasteiger partial charge in [0.05, 0.1) is 6.61 Å². The zero-order valence-electron chi connectivity index (χ0n) is 6.36. The minimum atomic E-state index is -2.52. The Morgan fingerprint density at radius 1 is 1.45 bits per heavy atom. The molecule has 67 valence electrons. The molecule has 1 unspecified atom stereocenters. The third kappa shape index (κ3) is 7.84. The minimum absolute atomic E-state index is 0.359. The zero-order valence-corrected chi connectivity index (χ0v) is 7.25. The van der Waals surface area contributed by atoms with E-state index in [1.54, 1.807) is 0 Å². The first-order valence-electron chi connectivity index (χ1n) is 3.39. The molecule has 11 heavy (non-hydrogen) atoms. The molecule has 0 amide bonds. The second-order valence-corrected chi connectivity index (χ2v) is 2.67. The fourth-order valence-corrected chi connectivity index (χ4v) is 0.693. The van der Waals surface area contributed by atoms with Gasteiger partial charge in [-0.15, -0.1) is 9.35 Å². The summed E-state index contributed by atoms with van der Waals surface area (Å²) in [7, 11) is -2.52. The number of unbranched alkanes of at least 4 members (excludes halogenated alkanes) is 2. The molecule has 0 aliphatic heterocycles. The zero-order chi connectivity index (χ0) is 8.53. The second-order valence-electron chi connectivity index (χ2n) is 1.91. The Labute approximate surface area is 66.1 Å². The highest BCUT2D eigenvalue weighted by Crippen LogP contribution is 2.21. The van der Waals surface area contributed by atoms with E-state index in [0.717, 1.165) is 19.3 Å². The first kappa shape index (κ1) is 10.9. The van der Waals surface area contributed by atoms with Crippen LogP contribution in [-0.2, 0) is 18.8 Å². The molecule has 0 fully saturated rings.